The summed E-state index contributed by atoms with van der Waals surface area (Å²) in [4.78, 5) is 13.4. The number of rotatable bonds is 6. The van der Waals surface area contributed by atoms with Crippen LogP contribution in [0.15, 0.2) is 47.4 Å². The minimum atomic E-state index is -4.32. The van der Waals surface area contributed by atoms with Gasteiger partial charge >= 0.3 is 6.18 Å². The van der Waals surface area contributed by atoms with Crippen LogP contribution in [-0.4, -0.2) is 24.9 Å². The molecule has 148 valence electrons. The number of carbonyl (C=O) groups excluding carboxylic acids is 1. The van der Waals surface area contributed by atoms with Crippen LogP contribution in [0.5, 0.6) is 0 Å². The average molecular weight is 429 g/mol. The second-order valence-corrected chi connectivity index (χ2v) is 7.88. The maximum absolute atomic E-state index is 14.3. The molecule has 1 amide bonds. The quantitative estimate of drug-likeness (QED) is 0.380. The summed E-state index contributed by atoms with van der Waals surface area (Å²) >= 11 is 1.70. The molecule has 0 fully saturated rings. The van der Waals surface area contributed by atoms with Crippen LogP contribution in [0.4, 0.5) is 23.2 Å². The first-order valence-electron chi connectivity index (χ1n) is 8.09. The van der Waals surface area contributed by atoms with Gasteiger partial charge in [-0.05, 0) is 24.3 Å². The summed E-state index contributed by atoms with van der Waals surface area (Å²) in [5.41, 5.74) is 0.682. The third-order valence-electron chi connectivity index (χ3n) is 3.78. The average Bonchev–Trinajstić information content (AvgIpc) is 3.01. The third-order valence-corrected chi connectivity index (χ3v) is 6.12. The van der Waals surface area contributed by atoms with Gasteiger partial charge in [0.25, 0.3) is 5.91 Å². The van der Waals surface area contributed by atoms with E-state index in [0.29, 0.717) is 32.3 Å². The molecule has 1 heterocycles. The lowest BCUT2D eigenvalue weighted by Crippen LogP contribution is -2.14. The zero-order chi connectivity index (χ0) is 20.3. The SMILES string of the molecule is COCc1c(C(=O)Nc2ccccc2SCC(F)(F)F)sc2cccc(F)c12. The molecule has 0 bridgehead atoms. The van der Waals surface area contributed by atoms with E-state index in [1.165, 1.54) is 25.3 Å². The van der Waals surface area contributed by atoms with Crippen molar-refractivity contribution >= 4 is 44.8 Å². The normalized spacial score (nSPS) is 11.8. The standard InChI is InChI=1S/C19H15F4NO2S2/c1-26-9-11-16-12(20)5-4-8-15(16)28-17(11)18(25)24-13-6-2-3-7-14(13)27-10-19(21,22)23/h2-8H,9-10H2,1H3,(H,24,25). The number of methoxy groups -OCH3 is 1. The molecule has 0 unspecified atom stereocenters. The summed E-state index contributed by atoms with van der Waals surface area (Å²) in [6.45, 7) is 0.0359. The van der Waals surface area contributed by atoms with Gasteiger partial charge in [0.05, 0.1) is 22.9 Å². The Labute approximate surface area is 166 Å². The van der Waals surface area contributed by atoms with Gasteiger partial charge < -0.3 is 10.1 Å². The lowest BCUT2D eigenvalue weighted by Gasteiger charge is -2.12. The van der Waals surface area contributed by atoms with Crippen molar-refractivity contribution in [2.24, 2.45) is 0 Å². The van der Waals surface area contributed by atoms with E-state index in [1.807, 2.05) is 0 Å². The number of fused-ring (bicyclic) bond motifs is 1. The van der Waals surface area contributed by atoms with E-state index in [4.69, 9.17) is 4.74 Å². The van der Waals surface area contributed by atoms with Gasteiger partial charge in [0.1, 0.15) is 5.82 Å². The summed E-state index contributed by atoms with van der Waals surface area (Å²) in [5.74, 6) is -2.04. The molecule has 0 saturated carbocycles. The van der Waals surface area contributed by atoms with E-state index in [9.17, 15) is 22.4 Å². The minimum Gasteiger partial charge on any atom is -0.380 e. The van der Waals surface area contributed by atoms with Crippen LogP contribution in [0.1, 0.15) is 15.2 Å². The van der Waals surface area contributed by atoms with Gasteiger partial charge in [-0.15, -0.1) is 23.1 Å². The molecule has 2 aromatic carbocycles. The molecular weight excluding hydrogens is 414 g/mol. The molecule has 0 saturated heterocycles. The molecule has 0 spiro atoms. The number of thioether (sulfide) groups is 1. The minimum absolute atomic E-state index is 0.0359. The van der Waals surface area contributed by atoms with Crippen molar-refractivity contribution in [1.29, 1.82) is 0 Å². The van der Waals surface area contributed by atoms with E-state index in [-0.39, 0.29) is 17.2 Å². The first kappa shape index (κ1) is 20.6. The number of ether oxygens (including phenoxy) is 1. The Bertz CT molecular complexity index is 1000. The van der Waals surface area contributed by atoms with Crippen LogP contribution >= 0.6 is 23.1 Å². The lowest BCUT2D eigenvalue weighted by molar-refractivity contribution is -0.105. The van der Waals surface area contributed by atoms with Gasteiger partial charge in [0.15, 0.2) is 0 Å². The van der Waals surface area contributed by atoms with Crippen LogP contribution < -0.4 is 5.32 Å². The zero-order valence-electron chi connectivity index (χ0n) is 14.6. The van der Waals surface area contributed by atoms with Crippen LogP contribution in [0.3, 0.4) is 0 Å². The molecule has 0 aliphatic rings. The summed E-state index contributed by atoms with van der Waals surface area (Å²) in [6.07, 6.45) is -4.32. The molecule has 3 rings (SSSR count). The zero-order valence-corrected chi connectivity index (χ0v) is 16.2. The van der Waals surface area contributed by atoms with Gasteiger partial charge in [0, 0.05) is 27.7 Å². The summed E-state index contributed by atoms with van der Waals surface area (Å²) < 4.78 is 57.6. The number of nitrogens with one attached hydrogen (secondary N) is 1. The smallest absolute Gasteiger partial charge is 0.380 e. The van der Waals surface area contributed by atoms with Crippen molar-refractivity contribution in [2.45, 2.75) is 17.7 Å². The molecule has 1 N–H and O–H groups in total. The number of carbonyl (C=O) groups is 1. The fraction of sp³-hybridized carbons (Fsp3) is 0.211. The highest BCUT2D eigenvalue weighted by atomic mass is 32.2. The van der Waals surface area contributed by atoms with Crippen molar-refractivity contribution < 1.29 is 27.1 Å². The Morgan fingerprint density at radius 2 is 1.93 bits per heavy atom. The monoisotopic (exact) mass is 429 g/mol. The number of anilines is 1. The number of benzene rings is 2. The highest BCUT2D eigenvalue weighted by Crippen LogP contribution is 2.36. The highest BCUT2D eigenvalue weighted by Gasteiger charge is 2.28. The number of alkyl halides is 3. The van der Waals surface area contributed by atoms with Gasteiger partial charge in [0.2, 0.25) is 0 Å². The Balaban J connectivity index is 1.92. The fourth-order valence-electron chi connectivity index (χ4n) is 2.67. The van der Waals surface area contributed by atoms with E-state index in [2.05, 4.69) is 5.32 Å². The van der Waals surface area contributed by atoms with Crippen molar-refractivity contribution in [3.8, 4) is 0 Å². The summed E-state index contributed by atoms with van der Waals surface area (Å²) in [5, 5.41) is 2.97. The molecule has 0 radical (unpaired) electrons. The number of hydrogen-bond donors (Lipinski definition) is 1. The van der Waals surface area contributed by atoms with Crippen molar-refractivity contribution in [2.75, 3.05) is 18.2 Å². The largest absolute Gasteiger partial charge is 0.398 e. The fourth-order valence-corrected chi connectivity index (χ4v) is 4.55. The third kappa shape index (κ3) is 4.65. The number of hydrogen-bond acceptors (Lipinski definition) is 4. The highest BCUT2D eigenvalue weighted by molar-refractivity contribution is 7.99. The molecule has 28 heavy (non-hydrogen) atoms. The lowest BCUT2D eigenvalue weighted by atomic mass is 10.1. The molecule has 1 aromatic heterocycles. The Morgan fingerprint density at radius 1 is 1.18 bits per heavy atom. The van der Waals surface area contributed by atoms with E-state index < -0.39 is 23.7 Å². The molecular formula is C19H15F4NO2S2. The van der Waals surface area contributed by atoms with Gasteiger partial charge in [-0.1, -0.05) is 18.2 Å². The first-order chi connectivity index (χ1) is 13.3. The predicted molar refractivity (Wildman–Crippen MR) is 104 cm³/mol. The number of amides is 1. The van der Waals surface area contributed by atoms with Crippen LogP contribution in [-0.2, 0) is 11.3 Å². The molecule has 0 aliphatic carbocycles. The topological polar surface area (TPSA) is 38.3 Å². The first-order valence-corrected chi connectivity index (χ1v) is 9.89. The summed E-state index contributed by atoms with van der Waals surface area (Å²) in [6, 6.07) is 10.8. The maximum Gasteiger partial charge on any atom is 0.398 e. The molecule has 0 aliphatic heterocycles. The number of halogens is 4. The predicted octanol–water partition coefficient (Wildman–Crippen LogP) is 6.09. The molecule has 3 aromatic rings. The second-order valence-electron chi connectivity index (χ2n) is 5.81. The van der Waals surface area contributed by atoms with E-state index in [0.717, 1.165) is 11.3 Å². The van der Waals surface area contributed by atoms with E-state index >= 15 is 0 Å². The Hall–Kier alpha value is -2.10. The van der Waals surface area contributed by atoms with Crippen LogP contribution in [0.25, 0.3) is 10.1 Å². The van der Waals surface area contributed by atoms with Gasteiger partial charge in [-0.25, -0.2) is 4.39 Å². The molecule has 0 atom stereocenters. The number of para-hydroxylation sites is 1. The summed E-state index contributed by atoms with van der Waals surface area (Å²) in [7, 11) is 1.44. The number of thiophene rings is 1. The maximum atomic E-state index is 14.3. The molecule has 9 heteroatoms. The Morgan fingerprint density at radius 3 is 2.64 bits per heavy atom. The van der Waals surface area contributed by atoms with Crippen LogP contribution in [0.2, 0.25) is 0 Å². The second kappa shape index (κ2) is 8.50. The Kier molecular flexibility index (Phi) is 6.26. The van der Waals surface area contributed by atoms with Gasteiger partial charge in [-0.2, -0.15) is 13.2 Å². The van der Waals surface area contributed by atoms with Crippen LogP contribution in [0, 0.1) is 5.82 Å². The van der Waals surface area contributed by atoms with Crippen molar-refractivity contribution in [3.63, 3.8) is 0 Å². The van der Waals surface area contributed by atoms with Crippen molar-refractivity contribution in [1.82, 2.24) is 0 Å². The van der Waals surface area contributed by atoms with Gasteiger partial charge in [-0.3, -0.25) is 4.79 Å². The van der Waals surface area contributed by atoms with Crippen molar-refractivity contribution in [3.05, 3.63) is 58.7 Å². The van der Waals surface area contributed by atoms with E-state index in [1.54, 1.807) is 24.3 Å². The molecule has 3 nitrogen and oxygen atoms in total.